The zero-order chi connectivity index (χ0) is 9.54. The molecule has 0 saturated heterocycles. The first-order valence-electron chi connectivity index (χ1n) is 3.06. The maximum atomic E-state index is 9.17. The van der Waals surface area contributed by atoms with Crippen LogP contribution in [-0.2, 0) is 75.0 Å². The van der Waals surface area contributed by atoms with E-state index < -0.39 is 0 Å². The summed E-state index contributed by atoms with van der Waals surface area (Å²) in [5, 5.41) is 9.07. The van der Waals surface area contributed by atoms with Crippen LogP contribution in [-0.4, -0.2) is 31.1 Å². The fraction of sp³-hybridized carbons (Fsp3) is 0.714. The molecule has 0 aromatic rings. The fourth-order valence-electron chi connectivity index (χ4n) is 0.0722. The van der Waals surface area contributed by atoms with E-state index >= 15 is 0 Å². The monoisotopic (exact) mass is 356 g/mol. The van der Waals surface area contributed by atoms with Crippen molar-refractivity contribution >= 4 is 12.9 Å². The molecule has 0 atom stereocenters. The quantitative estimate of drug-likeness (QED) is 0.475. The molecular formula is C7H18N2O3Y2-2. The molecule has 0 heterocycles. The molecule has 82 valence electrons. The second-order valence-electron chi connectivity index (χ2n) is 1.13. The molecule has 0 fully saturated rings. The Morgan fingerprint density at radius 3 is 1.50 bits per heavy atom. The van der Waals surface area contributed by atoms with E-state index in [0.29, 0.717) is 13.0 Å². The largest absolute Gasteiger partial charge is 0.665 e. The van der Waals surface area contributed by atoms with Crippen LogP contribution >= 0.6 is 0 Å². The molecule has 0 unspecified atom stereocenters. The summed E-state index contributed by atoms with van der Waals surface area (Å²) in [6.07, 6.45) is 1.52. The van der Waals surface area contributed by atoms with Crippen LogP contribution in [0.25, 0.3) is 0 Å². The number of aliphatic hydroxyl groups excluding tert-OH is 1. The summed E-state index contributed by atoms with van der Waals surface area (Å²) in [4.78, 5) is 17.4. The molecule has 2 radical (unpaired) electrons. The zero-order valence-electron chi connectivity index (χ0n) is 7.91. The van der Waals surface area contributed by atoms with Crippen LogP contribution in [0.3, 0.4) is 0 Å². The van der Waals surface area contributed by atoms with E-state index in [-0.39, 0.29) is 72.8 Å². The van der Waals surface area contributed by atoms with Gasteiger partial charge in [0, 0.05) is 65.4 Å². The second kappa shape index (κ2) is 65.0. The molecule has 0 spiro atoms. The van der Waals surface area contributed by atoms with Crippen molar-refractivity contribution in [2.24, 2.45) is 5.73 Å². The van der Waals surface area contributed by atoms with E-state index in [9.17, 15) is 0 Å². The molecule has 0 bridgehead atoms. The number of rotatable bonds is 2. The van der Waals surface area contributed by atoms with Crippen LogP contribution in [0.2, 0.25) is 0 Å². The molecule has 0 aliphatic carbocycles. The SMILES string of the molecule is C.CCN.CCN[C-]=O.O=[C-]O.[Y].[Y]. The van der Waals surface area contributed by atoms with E-state index in [2.05, 4.69) is 5.32 Å². The van der Waals surface area contributed by atoms with Crippen LogP contribution < -0.4 is 11.1 Å². The molecule has 5 nitrogen and oxygen atoms in total. The van der Waals surface area contributed by atoms with Crippen LogP contribution in [0.1, 0.15) is 21.3 Å². The smallest absolute Gasteiger partial charge is 0 e. The minimum atomic E-state index is 0. The number of nitrogens with two attached hydrogens (primary N) is 1. The number of hydrogen-bond acceptors (Lipinski definition) is 3. The van der Waals surface area contributed by atoms with E-state index in [1.165, 1.54) is 6.41 Å². The Hall–Kier alpha value is 1.11. The fourth-order valence-corrected chi connectivity index (χ4v) is 0.0722. The van der Waals surface area contributed by atoms with Gasteiger partial charge >= 0.3 is 0 Å². The Morgan fingerprint density at radius 1 is 1.29 bits per heavy atom. The van der Waals surface area contributed by atoms with Gasteiger partial charge in [0.05, 0.1) is 0 Å². The molecule has 0 aliphatic heterocycles. The van der Waals surface area contributed by atoms with Crippen LogP contribution in [0.5, 0.6) is 0 Å². The predicted molar refractivity (Wildman–Crippen MR) is 49.2 cm³/mol. The molecule has 0 aromatic carbocycles. The number of nitrogens with one attached hydrogen (secondary N) is 1. The summed E-state index contributed by atoms with van der Waals surface area (Å²) in [6, 6.07) is 0. The minimum absolute atomic E-state index is 0. The second-order valence-corrected chi connectivity index (χ2v) is 1.13. The zero-order valence-corrected chi connectivity index (χ0v) is 13.6. The van der Waals surface area contributed by atoms with E-state index in [1.807, 2.05) is 13.8 Å². The van der Waals surface area contributed by atoms with Crippen molar-refractivity contribution in [3.8, 4) is 0 Å². The van der Waals surface area contributed by atoms with Gasteiger partial charge in [-0.1, -0.05) is 27.7 Å². The molecular weight excluding hydrogens is 338 g/mol. The topological polar surface area (TPSA) is 92.4 Å². The maximum Gasteiger partial charge on any atom is 0 e. The molecule has 0 rings (SSSR count). The third-order valence-electron chi connectivity index (χ3n) is 0.249. The maximum absolute atomic E-state index is 9.17. The van der Waals surface area contributed by atoms with Crippen molar-refractivity contribution in [3.05, 3.63) is 0 Å². The summed E-state index contributed by atoms with van der Waals surface area (Å²) >= 11 is 0. The van der Waals surface area contributed by atoms with E-state index in [4.69, 9.17) is 20.4 Å². The molecule has 7 heteroatoms. The van der Waals surface area contributed by atoms with Crippen molar-refractivity contribution < 1.29 is 80.1 Å². The van der Waals surface area contributed by atoms with E-state index in [1.54, 1.807) is 0 Å². The molecule has 0 saturated carbocycles. The van der Waals surface area contributed by atoms with Gasteiger partial charge in [0.15, 0.2) is 0 Å². The summed E-state index contributed by atoms with van der Waals surface area (Å²) < 4.78 is 0. The third kappa shape index (κ3) is 199. The molecule has 14 heavy (non-hydrogen) atoms. The molecule has 0 aromatic heterocycles. The summed E-state index contributed by atoms with van der Waals surface area (Å²) in [5.74, 6) is 0. The first kappa shape index (κ1) is 36.2. The van der Waals surface area contributed by atoms with Gasteiger partial charge in [0.25, 0.3) is 0 Å². The van der Waals surface area contributed by atoms with Crippen molar-refractivity contribution in [1.29, 1.82) is 0 Å². The minimum Gasteiger partial charge on any atom is -0.665 e. The standard InChI is InChI=1S/C3H6NO.C2H7N.CHO2.CH4.2Y/c1-2-4-3-5;1-2-3;2-1-3;;;/h2H2,1H3,(H,4,5);2-3H2,1H3;(H,2,3);1H4;;/q-1;;-1;;;. The Kier molecular flexibility index (Phi) is 168. The number of amides is 1. The molecule has 1 amide bonds. The first-order valence-corrected chi connectivity index (χ1v) is 3.06. The molecule has 0 aliphatic rings. The Bertz CT molecular complexity index is 78.0. The average Bonchev–Trinajstić information content (AvgIpc) is 1.92. The predicted octanol–water partition coefficient (Wildman–Crippen LogP) is -0.129. The van der Waals surface area contributed by atoms with Gasteiger partial charge in [0.1, 0.15) is 0 Å². The Balaban J connectivity index is -0.0000000162. The average molecular weight is 356 g/mol. The van der Waals surface area contributed by atoms with Gasteiger partial charge in [0.2, 0.25) is 0 Å². The number of hydrogen-bond donors (Lipinski definition) is 3. The Morgan fingerprint density at radius 2 is 1.50 bits per heavy atom. The molecule has 4 N–H and O–H groups in total. The van der Waals surface area contributed by atoms with Crippen LogP contribution in [0.15, 0.2) is 0 Å². The van der Waals surface area contributed by atoms with Crippen molar-refractivity contribution in [1.82, 2.24) is 5.32 Å². The van der Waals surface area contributed by atoms with Gasteiger partial charge in [-0.05, 0) is 13.1 Å². The Labute approximate surface area is 137 Å². The van der Waals surface area contributed by atoms with Crippen molar-refractivity contribution in [3.63, 3.8) is 0 Å². The van der Waals surface area contributed by atoms with Crippen molar-refractivity contribution in [2.75, 3.05) is 13.1 Å². The summed E-state index contributed by atoms with van der Waals surface area (Å²) in [6.45, 7) is 5.66. The van der Waals surface area contributed by atoms with Gasteiger partial charge in [-0.15, -0.1) is 0 Å². The summed E-state index contributed by atoms with van der Waals surface area (Å²) in [7, 11) is 0. The third-order valence-corrected chi connectivity index (χ3v) is 0.249. The van der Waals surface area contributed by atoms with Gasteiger partial charge < -0.3 is 25.7 Å². The van der Waals surface area contributed by atoms with Crippen LogP contribution in [0.4, 0.5) is 0 Å². The van der Waals surface area contributed by atoms with E-state index in [0.717, 1.165) is 6.54 Å². The van der Waals surface area contributed by atoms with Gasteiger partial charge in [-0.25, -0.2) is 0 Å². The van der Waals surface area contributed by atoms with Gasteiger partial charge in [-0.3, -0.25) is 0 Å². The van der Waals surface area contributed by atoms with Crippen LogP contribution in [0, 0.1) is 0 Å². The summed E-state index contributed by atoms with van der Waals surface area (Å²) in [5.41, 5.74) is 4.85. The normalized spacial score (nSPS) is 4.50. The van der Waals surface area contributed by atoms with Crippen molar-refractivity contribution in [2.45, 2.75) is 21.3 Å². The first-order chi connectivity index (χ1) is 5.24. The number of carbonyl (C=O) groups excluding carboxylic acids is 1. The van der Waals surface area contributed by atoms with Gasteiger partial charge in [-0.2, -0.15) is 6.41 Å².